The molecule has 2 rings (SSSR count). The van der Waals surface area contributed by atoms with Crippen LogP contribution >= 0.6 is 23.2 Å². The number of hydrogen-bond acceptors (Lipinski definition) is 4. The van der Waals surface area contributed by atoms with Gasteiger partial charge in [-0.15, -0.1) is 0 Å². The van der Waals surface area contributed by atoms with Gasteiger partial charge >= 0.3 is 12.1 Å². The zero-order chi connectivity index (χ0) is 22.9. The van der Waals surface area contributed by atoms with Crippen molar-refractivity contribution in [2.75, 3.05) is 6.54 Å². The zero-order valence-electron chi connectivity index (χ0n) is 15.3. The molecule has 0 amide bonds. The van der Waals surface area contributed by atoms with Gasteiger partial charge in [0.2, 0.25) is 6.54 Å². The monoisotopic (exact) mass is 463 g/mol. The topological polar surface area (TPSA) is 97.5 Å². The fraction of sp³-hybridized carbons (Fsp3) is 0.263. The molecule has 11 heteroatoms. The number of carboxylic acid groups (broad SMARTS) is 1. The van der Waals surface area contributed by atoms with Gasteiger partial charge in [0.15, 0.2) is 11.2 Å². The van der Waals surface area contributed by atoms with E-state index in [2.05, 4.69) is 0 Å². The predicted molar refractivity (Wildman–Crippen MR) is 103 cm³/mol. The molecule has 0 spiro atoms. The Labute approximate surface area is 178 Å². The lowest BCUT2D eigenvalue weighted by Gasteiger charge is -2.32. The maximum Gasteiger partial charge on any atom is 0.405 e. The van der Waals surface area contributed by atoms with E-state index in [9.17, 15) is 32.9 Å². The van der Waals surface area contributed by atoms with Crippen LogP contribution in [0.5, 0.6) is 0 Å². The fourth-order valence-electron chi connectivity index (χ4n) is 3.11. The smallest absolute Gasteiger partial charge is 0.405 e. The molecule has 0 bridgehead atoms. The molecular formula is C19H14Cl2F3NO5. The maximum atomic E-state index is 14.2. The Hall–Kier alpha value is -2.65. The van der Waals surface area contributed by atoms with Crippen molar-refractivity contribution in [3.63, 3.8) is 0 Å². The van der Waals surface area contributed by atoms with Crippen LogP contribution in [-0.4, -0.2) is 34.5 Å². The summed E-state index contributed by atoms with van der Waals surface area (Å²) in [6.07, 6.45) is -6.49. The molecule has 0 aromatic heterocycles. The average molecular weight is 464 g/mol. The SMILES string of the molecule is Cc1cc(C(=O)C[C@@](C[N+](=O)[O-])(c2cc(Cl)cc(Cl)c2)C(F)(F)F)ccc1C(=O)O. The minimum atomic E-state index is -5.19. The first-order chi connectivity index (χ1) is 13.8. The van der Waals surface area contributed by atoms with Gasteiger partial charge in [-0.1, -0.05) is 29.3 Å². The molecule has 30 heavy (non-hydrogen) atoms. The molecule has 2 aromatic carbocycles. The number of alkyl halides is 3. The first-order valence-electron chi connectivity index (χ1n) is 8.29. The van der Waals surface area contributed by atoms with Crippen molar-refractivity contribution < 1.29 is 32.8 Å². The number of aromatic carboxylic acids is 1. The highest BCUT2D eigenvalue weighted by Gasteiger charge is 2.60. The van der Waals surface area contributed by atoms with E-state index in [1.165, 1.54) is 6.92 Å². The Morgan fingerprint density at radius 2 is 1.67 bits per heavy atom. The number of ketones is 1. The lowest BCUT2D eigenvalue weighted by Crippen LogP contribution is -2.49. The van der Waals surface area contributed by atoms with E-state index >= 15 is 0 Å². The van der Waals surface area contributed by atoms with E-state index in [1.807, 2.05) is 0 Å². The summed E-state index contributed by atoms with van der Waals surface area (Å²) in [5.41, 5.74) is -3.98. The summed E-state index contributed by atoms with van der Waals surface area (Å²) < 4.78 is 42.6. The minimum absolute atomic E-state index is 0.124. The molecule has 0 heterocycles. The molecule has 2 aromatic rings. The standard InChI is InChI=1S/C19H14Cl2F3NO5/c1-10-4-11(2-3-15(10)17(27)28)16(26)8-18(9-25(29)30,19(22,23)24)12-5-13(20)7-14(21)6-12/h2-7H,8-9H2,1H3,(H,27,28)/t18-/m1/s1. The van der Waals surface area contributed by atoms with Crippen LogP contribution in [0, 0.1) is 17.0 Å². The highest BCUT2D eigenvalue weighted by Crippen LogP contribution is 2.46. The van der Waals surface area contributed by atoms with E-state index in [0.29, 0.717) is 0 Å². The molecule has 1 atom stereocenters. The first kappa shape index (κ1) is 23.6. The van der Waals surface area contributed by atoms with Crippen LogP contribution in [-0.2, 0) is 5.41 Å². The number of benzene rings is 2. The van der Waals surface area contributed by atoms with Crippen LogP contribution in [0.4, 0.5) is 13.2 Å². The van der Waals surface area contributed by atoms with Crippen molar-refractivity contribution in [3.05, 3.63) is 78.8 Å². The van der Waals surface area contributed by atoms with Crippen molar-refractivity contribution in [2.24, 2.45) is 0 Å². The highest BCUT2D eigenvalue weighted by atomic mass is 35.5. The van der Waals surface area contributed by atoms with Gasteiger partial charge in [0.1, 0.15) is 0 Å². The quantitative estimate of drug-likeness (QED) is 0.339. The van der Waals surface area contributed by atoms with Gasteiger partial charge in [-0.25, -0.2) is 4.79 Å². The zero-order valence-corrected chi connectivity index (χ0v) is 16.8. The normalized spacial score (nSPS) is 13.5. The van der Waals surface area contributed by atoms with Crippen LogP contribution in [0.2, 0.25) is 10.0 Å². The van der Waals surface area contributed by atoms with Gasteiger partial charge in [0.25, 0.3) is 0 Å². The van der Waals surface area contributed by atoms with Gasteiger partial charge in [-0.3, -0.25) is 14.9 Å². The van der Waals surface area contributed by atoms with Gasteiger partial charge in [0, 0.05) is 27.0 Å². The molecule has 0 saturated carbocycles. The Balaban J connectivity index is 2.62. The maximum absolute atomic E-state index is 14.2. The third kappa shape index (κ3) is 4.91. The number of halogens is 5. The largest absolute Gasteiger partial charge is 0.478 e. The van der Waals surface area contributed by atoms with Crippen molar-refractivity contribution in [1.29, 1.82) is 0 Å². The van der Waals surface area contributed by atoms with Crippen molar-refractivity contribution >= 4 is 35.0 Å². The molecular weight excluding hydrogens is 450 g/mol. The van der Waals surface area contributed by atoms with E-state index in [-0.39, 0.29) is 26.7 Å². The lowest BCUT2D eigenvalue weighted by molar-refractivity contribution is -0.501. The molecule has 6 nitrogen and oxygen atoms in total. The minimum Gasteiger partial charge on any atom is -0.478 e. The van der Waals surface area contributed by atoms with Gasteiger partial charge in [-0.2, -0.15) is 13.2 Å². The Kier molecular flexibility index (Phi) is 6.78. The average Bonchev–Trinajstić information content (AvgIpc) is 2.58. The van der Waals surface area contributed by atoms with Gasteiger partial charge in [0.05, 0.1) is 5.56 Å². The number of Topliss-reactive ketones (excluding diaryl/α,β-unsaturated/α-hetero) is 1. The van der Waals surface area contributed by atoms with E-state index in [4.69, 9.17) is 28.3 Å². The number of rotatable bonds is 7. The Morgan fingerprint density at radius 3 is 2.10 bits per heavy atom. The van der Waals surface area contributed by atoms with Crippen LogP contribution in [0.3, 0.4) is 0 Å². The third-order valence-corrected chi connectivity index (χ3v) is 5.03. The number of carboxylic acids is 1. The molecule has 0 fully saturated rings. The number of aryl methyl sites for hydroxylation is 1. The van der Waals surface area contributed by atoms with Crippen LogP contribution in [0.1, 0.15) is 38.3 Å². The lowest BCUT2D eigenvalue weighted by atomic mass is 9.74. The summed E-state index contributed by atoms with van der Waals surface area (Å²) in [5, 5.41) is 19.9. The second-order valence-electron chi connectivity index (χ2n) is 6.66. The Bertz CT molecular complexity index is 1010. The summed E-state index contributed by atoms with van der Waals surface area (Å²) >= 11 is 11.6. The van der Waals surface area contributed by atoms with Crippen LogP contribution in [0.15, 0.2) is 36.4 Å². The highest BCUT2D eigenvalue weighted by molar-refractivity contribution is 6.34. The molecule has 0 aliphatic carbocycles. The Morgan fingerprint density at radius 1 is 1.10 bits per heavy atom. The van der Waals surface area contributed by atoms with E-state index in [0.717, 1.165) is 36.4 Å². The van der Waals surface area contributed by atoms with Crippen molar-refractivity contribution in [2.45, 2.75) is 24.9 Å². The third-order valence-electron chi connectivity index (χ3n) is 4.60. The molecule has 0 aliphatic rings. The van der Waals surface area contributed by atoms with Gasteiger partial charge in [-0.05, 0) is 48.4 Å². The number of carbonyl (C=O) groups is 2. The number of carbonyl (C=O) groups excluding carboxylic acids is 1. The molecule has 0 saturated heterocycles. The molecule has 0 unspecified atom stereocenters. The summed E-state index contributed by atoms with van der Waals surface area (Å²) in [5.74, 6) is -2.32. The summed E-state index contributed by atoms with van der Waals surface area (Å²) in [6, 6.07) is 6.22. The van der Waals surface area contributed by atoms with E-state index in [1.54, 1.807) is 0 Å². The molecule has 160 valence electrons. The van der Waals surface area contributed by atoms with Crippen molar-refractivity contribution in [1.82, 2.24) is 0 Å². The molecule has 0 aliphatic heterocycles. The first-order valence-corrected chi connectivity index (χ1v) is 9.04. The summed E-state index contributed by atoms with van der Waals surface area (Å²) in [7, 11) is 0. The van der Waals surface area contributed by atoms with E-state index < -0.39 is 46.8 Å². The fourth-order valence-corrected chi connectivity index (χ4v) is 3.63. The summed E-state index contributed by atoms with van der Waals surface area (Å²) in [4.78, 5) is 33.8. The number of hydrogen-bond donors (Lipinski definition) is 1. The predicted octanol–water partition coefficient (Wildman–Crippen LogP) is 5.35. The van der Waals surface area contributed by atoms with Crippen molar-refractivity contribution in [3.8, 4) is 0 Å². The molecule has 0 radical (unpaired) electrons. The second kappa shape index (κ2) is 8.61. The summed E-state index contributed by atoms with van der Waals surface area (Å²) in [6.45, 7) is -0.240. The van der Waals surface area contributed by atoms with Gasteiger partial charge < -0.3 is 5.11 Å². The second-order valence-corrected chi connectivity index (χ2v) is 7.54. The number of nitro groups is 1. The molecule has 1 N–H and O–H groups in total. The van der Waals surface area contributed by atoms with Crippen LogP contribution < -0.4 is 0 Å². The van der Waals surface area contributed by atoms with Crippen LogP contribution in [0.25, 0.3) is 0 Å². The number of nitrogens with zero attached hydrogens (tertiary/aromatic N) is 1.